The molecule has 1 aromatic rings. The molecular weight excluding hydrogens is 370 g/mol. The van der Waals surface area contributed by atoms with E-state index in [2.05, 4.69) is 11.6 Å². The number of ether oxygens (including phenoxy) is 1. The van der Waals surface area contributed by atoms with Crippen LogP contribution in [0.2, 0.25) is 5.02 Å². The van der Waals surface area contributed by atoms with Crippen molar-refractivity contribution in [1.82, 2.24) is 4.72 Å². The topological polar surface area (TPSA) is 55.4 Å². The Morgan fingerprint density at radius 1 is 1.19 bits per heavy atom. The summed E-state index contributed by atoms with van der Waals surface area (Å²) in [6, 6.07) is 4.65. The molecule has 1 N–H and O–H groups in total. The number of methoxy groups -OCH3 is 1. The van der Waals surface area contributed by atoms with Gasteiger partial charge in [-0.05, 0) is 80.2 Å². The van der Waals surface area contributed by atoms with Gasteiger partial charge in [0.2, 0.25) is 10.0 Å². The van der Waals surface area contributed by atoms with Crippen molar-refractivity contribution in [1.29, 1.82) is 0 Å². The minimum atomic E-state index is -3.60. The van der Waals surface area contributed by atoms with E-state index in [-0.39, 0.29) is 16.4 Å². The molecular formula is C20H28ClNO3S. The molecule has 1 atom stereocenters. The molecule has 0 radical (unpaired) electrons. The molecule has 0 aliphatic heterocycles. The number of hydrogen-bond acceptors (Lipinski definition) is 3. The Kier molecular flexibility index (Phi) is 4.77. The molecule has 1 aromatic carbocycles. The van der Waals surface area contributed by atoms with Crippen LogP contribution in [0.1, 0.15) is 51.9 Å². The molecule has 0 amide bonds. The van der Waals surface area contributed by atoms with Crippen molar-refractivity contribution >= 4 is 21.6 Å². The molecule has 26 heavy (non-hydrogen) atoms. The Morgan fingerprint density at radius 2 is 1.77 bits per heavy atom. The molecule has 4 aliphatic rings. The first-order valence-electron chi connectivity index (χ1n) is 9.71. The molecule has 0 saturated heterocycles. The number of hydrogen-bond donors (Lipinski definition) is 1. The van der Waals surface area contributed by atoms with Crippen LogP contribution in [-0.2, 0) is 10.0 Å². The van der Waals surface area contributed by atoms with Crippen LogP contribution in [0.25, 0.3) is 0 Å². The summed E-state index contributed by atoms with van der Waals surface area (Å²) in [5.41, 5.74) is 0.146. The summed E-state index contributed by atoms with van der Waals surface area (Å²) in [5.74, 6) is 2.79. The Hall–Kier alpha value is -0.780. The van der Waals surface area contributed by atoms with Gasteiger partial charge in [-0.3, -0.25) is 0 Å². The van der Waals surface area contributed by atoms with E-state index in [1.54, 1.807) is 12.1 Å². The van der Waals surface area contributed by atoms with Crippen LogP contribution in [0.5, 0.6) is 5.75 Å². The highest BCUT2D eigenvalue weighted by Crippen LogP contribution is 2.61. The minimum absolute atomic E-state index is 0.00238. The number of sulfonamides is 1. The number of rotatable bonds is 6. The highest BCUT2D eigenvalue weighted by atomic mass is 35.5. The lowest BCUT2D eigenvalue weighted by Gasteiger charge is -2.59. The Balaban J connectivity index is 1.60. The van der Waals surface area contributed by atoms with Crippen molar-refractivity contribution in [3.63, 3.8) is 0 Å². The smallest absolute Gasteiger partial charge is 0.240 e. The molecule has 0 heterocycles. The first-order valence-corrected chi connectivity index (χ1v) is 11.6. The first-order chi connectivity index (χ1) is 12.3. The summed E-state index contributed by atoms with van der Waals surface area (Å²) in [5, 5.41) is 0.416. The van der Waals surface area contributed by atoms with E-state index >= 15 is 0 Å². The molecule has 6 heteroatoms. The third-order valence-corrected chi connectivity index (χ3v) is 8.74. The molecule has 4 fully saturated rings. The van der Waals surface area contributed by atoms with Gasteiger partial charge in [0, 0.05) is 12.1 Å². The lowest BCUT2D eigenvalue weighted by atomic mass is 9.47. The van der Waals surface area contributed by atoms with Crippen LogP contribution >= 0.6 is 11.6 Å². The third kappa shape index (κ3) is 3.16. The van der Waals surface area contributed by atoms with Gasteiger partial charge in [0.1, 0.15) is 5.75 Å². The van der Waals surface area contributed by atoms with Gasteiger partial charge in [-0.25, -0.2) is 13.1 Å². The molecule has 0 aromatic heterocycles. The van der Waals surface area contributed by atoms with Gasteiger partial charge in [0.25, 0.3) is 0 Å². The van der Waals surface area contributed by atoms with Crippen molar-refractivity contribution in [3.8, 4) is 5.75 Å². The fraction of sp³-hybridized carbons (Fsp3) is 0.700. The van der Waals surface area contributed by atoms with E-state index in [0.717, 1.165) is 24.2 Å². The van der Waals surface area contributed by atoms with Crippen LogP contribution in [0, 0.1) is 23.2 Å². The molecule has 4 bridgehead atoms. The largest absolute Gasteiger partial charge is 0.495 e. The molecule has 4 nitrogen and oxygen atoms in total. The van der Waals surface area contributed by atoms with Gasteiger partial charge in [0.15, 0.2) is 0 Å². The van der Waals surface area contributed by atoms with E-state index in [1.165, 1.54) is 51.7 Å². The van der Waals surface area contributed by atoms with Gasteiger partial charge in [-0.2, -0.15) is 0 Å². The van der Waals surface area contributed by atoms with Crippen molar-refractivity contribution < 1.29 is 13.2 Å². The second-order valence-electron chi connectivity index (χ2n) is 8.66. The zero-order valence-electron chi connectivity index (χ0n) is 15.5. The number of benzene rings is 1. The summed E-state index contributed by atoms with van der Waals surface area (Å²) in [4.78, 5) is 0.224. The lowest BCUT2D eigenvalue weighted by Crippen LogP contribution is -2.56. The van der Waals surface area contributed by atoms with Crippen molar-refractivity contribution in [3.05, 3.63) is 23.2 Å². The van der Waals surface area contributed by atoms with E-state index in [0.29, 0.717) is 10.8 Å². The molecule has 144 valence electrons. The number of nitrogens with one attached hydrogen (secondary N) is 1. The average molecular weight is 398 g/mol. The van der Waals surface area contributed by atoms with Crippen molar-refractivity contribution in [2.45, 2.75) is 62.8 Å². The fourth-order valence-corrected chi connectivity index (χ4v) is 7.94. The van der Waals surface area contributed by atoms with Gasteiger partial charge in [-0.15, -0.1) is 0 Å². The van der Waals surface area contributed by atoms with Crippen LogP contribution < -0.4 is 9.46 Å². The molecule has 5 rings (SSSR count). The van der Waals surface area contributed by atoms with Crippen LogP contribution in [0.15, 0.2) is 23.1 Å². The maximum absolute atomic E-state index is 13.1. The van der Waals surface area contributed by atoms with Crippen LogP contribution in [-0.4, -0.2) is 21.6 Å². The SMILES string of the molecule is CCC(NS(=O)(=O)c1ccc(Cl)c(OC)c1)C12CC3CC(CC(C3)C1)C2. The minimum Gasteiger partial charge on any atom is -0.495 e. The van der Waals surface area contributed by atoms with E-state index in [1.807, 2.05) is 0 Å². The fourth-order valence-electron chi connectivity index (χ4n) is 6.31. The molecule has 4 aliphatic carbocycles. The van der Waals surface area contributed by atoms with Gasteiger partial charge >= 0.3 is 0 Å². The maximum Gasteiger partial charge on any atom is 0.240 e. The zero-order chi connectivity index (χ0) is 18.5. The summed E-state index contributed by atoms with van der Waals surface area (Å²) in [7, 11) is -2.11. The maximum atomic E-state index is 13.1. The van der Waals surface area contributed by atoms with Crippen molar-refractivity contribution in [2.75, 3.05) is 7.11 Å². The average Bonchev–Trinajstić information content (AvgIpc) is 2.58. The zero-order valence-corrected chi connectivity index (χ0v) is 17.1. The quantitative estimate of drug-likeness (QED) is 0.761. The summed E-state index contributed by atoms with van der Waals surface area (Å²) in [6.45, 7) is 2.11. The van der Waals surface area contributed by atoms with Crippen LogP contribution in [0.3, 0.4) is 0 Å². The Labute approximate surface area is 161 Å². The highest BCUT2D eigenvalue weighted by Gasteiger charge is 2.54. The third-order valence-electron chi connectivity index (χ3n) is 6.96. The standard InChI is InChI=1S/C20H28ClNO3S/c1-3-19(20-10-13-6-14(11-20)8-15(7-13)12-20)22-26(23,24)16-4-5-17(21)18(9-16)25-2/h4-5,9,13-15,19,22H,3,6-8,10-12H2,1-2H3. The lowest BCUT2D eigenvalue weighted by molar-refractivity contribution is -0.0704. The van der Waals surface area contributed by atoms with Gasteiger partial charge in [0.05, 0.1) is 17.0 Å². The normalized spacial score (nSPS) is 34.0. The summed E-state index contributed by atoms with van der Waals surface area (Å²) < 4.78 is 34.4. The van der Waals surface area contributed by atoms with Crippen LogP contribution in [0.4, 0.5) is 0 Å². The second kappa shape index (κ2) is 6.68. The second-order valence-corrected chi connectivity index (χ2v) is 10.8. The monoisotopic (exact) mass is 397 g/mol. The highest BCUT2D eigenvalue weighted by molar-refractivity contribution is 7.89. The van der Waals surface area contributed by atoms with Crippen molar-refractivity contribution in [2.24, 2.45) is 23.2 Å². The van der Waals surface area contributed by atoms with E-state index < -0.39 is 10.0 Å². The number of halogens is 1. The van der Waals surface area contributed by atoms with E-state index in [9.17, 15) is 8.42 Å². The Morgan fingerprint density at radius 3 is 2.27 bits per heavy atom. The summed E-state index contributed by atoms with van der Waals surface area (Å²) in [6.07, 6.45) is 8.46. The molecule has 0 spiro atoms. The van der Waals surface area contributed by atoms with Gasteiger partial charge in [-0.1, -0.05) is 18.5 Å². The predicted molar refractivity (Wildman–Crippen MR) is 103 cm³/mol. The predicted octanol–water partition coefficient (Wildman–Crippen LogP) is 4.62. The summed E-state index contributed by atoms with van der Waals surface area (Å²) >= 11 is 6.05. The first kappa shape index (κ1) is 18.6. The van der Waals surface area contributed by atoms with Gasteiger partial charge < -0.3 is 4.74 Å². The van der Waals surface area contributed by atoms with E-state index in [4.69, 9.17) is 16.3 Å². The molecule has 1 unspecified atom stereocenters. The Bertz CT molecular complexity index is 757. The molecule has 4 saturated carbocycles.